The summed E-state index contributed by atoms with van der Waals surface area (Å²) in [6.45, 7) is 7.45. The van der Waals surface area contributed by atoms with E-state index in [1.807, 2.05) is 74.5 Å². The molecule has 0 bridgehead atoms. The summed E-state index contributed by atoms with van der Waals surface area (Å²) in [6.07, 6.45) is 0.553. The number of nitrogens with two attached hydrogens (primary N) is 1. The smallest absolute Gasteiger partial charge is 0.305 e. The number of benzene rings is 2. The summed E-state index contributed by atoms with van der Waals surface area (Å²) < 4.78 is 0. The Kier molecular flexibility index (Phi) is 12.6. The highest BCUT2D eigenvalue weighted by Gasteiger charge is 2.32. The minimum Gasteiger partial charge on any atom is -0.481 e. The van der Waals surface area contributed by atoms with E-state index in [0.717, 1.165) is 11.1 Å². The first-order chi connectivity index (χ1) is 18.5. The number of hydrogen-bond acceptors (Lipinski definition) is 5. The Balaban J connectivity index is 2.21. The highest BCUT2D eigenvalue weighted by Crippen LogP contribution is 2.11. The quantitative estimate of drug-likeness (QED) is 0.235. The highest BCUT2D eigenvalue weighted by molar-refractivity contribution is 5.92. The van der Waals surface area contributed by atoms with Crippen molar-refractivity contribution in [3.63, 3.8) is 0 Å². The Labute approximate surface area is 230 Å². The normalized spacial score (nSPS) is 14.2. The number of aliphatic carboxylic acids is 1. The van der Waals surface area contributed by atoms with Crippen molar-refractivity contribution >= 4 is 23.7 Å². The summed E-state index contributed by atoms with van der Waals surface area (Å²) in [5.74, 6) is -2.41. The molecule has 0 unspecified atom stereocenters. The third-order valence-electron chi connectivity index (χ3n) is 6.33. The molecule has 2 aromatic carbocycles. The van der Waals surface area contributed by atoms with Crippen LogP contribution in [0.4, 0.5) is 0 Å². The van der Waals surface area contributed by atoms with Gasteiger partial charge in [-0.25, -0.2) is 0 Å². The summed E-state index contributed by atoms with van der Waals surface area (Å²) in [5.41, 5.74) is 7.95. The van der Waals surface area contributed by atoms with E-state index in [0.29, 0.717) is 6.42 Å². The monoisotopic (exact) mass is 538 g/mol. The molecule has 212 valence electrons. The molecule has 0 saturated carbocycles. The van der Waals surface area contributed by atoms with Gasteiger partial charge in [-0.1, -0.05) is 88.4 Å². The van der Waals surface area contributed by atoms with Gasteiger partial charge in [-0.3, -0.25) is 19.2 Å². The van der Waals surface area contributed by atoms with Crippen LogP contribution in [0.15, 0.2) is 60.7 Å². The van der Waals surface area contributed by atoms with Crippen molar-refractivity contribution in [2.45, 2.75) is 77.5 Å². The maximum atomic E-state index is 13.4. The van der Waals surface area contributed by atoms with Gasteiger partial charge in [-0.2, -0.15) is 0 Å². The maximum Gasteiger partial charge on any atom is 0.305 e. The van der Waals surface area contributed by atoms with E-state index in [-0.39, 0.29) is 37.0 Å². The van der Waals surface area contributed by atoms with Crippen molar-refractivity contribution in [1.82, 2.24) is 16.0 Å². The molecule has 3 amide bonds. The topological polar surface area (TPSA) is 151 Å². The Morgan fingerprint density at radius 2 is 1.28 bits per heavy atom. The van der Waals surface area contributed by atoms with E-state index in [4.69, 9.17) is 5.73 Å². The van der Waals surface area contributed by atoms with Crippen molar-refractivity contribution in [3.05, 3.63) is 71.8 Å². The average Bonchev–Trinajstić information content (AvgIpc) is 2.86. The second kappa shape index (κ2) is 15.6. The number of hydrogen-bond donors (Lipinski definition) is 5. The standard InChI is InChI=1S/C30H42N4O5/c1-19(2)15-26(35)32-25(17-22-13-9-6-10-14-22)29(38)34-28(20(3)4)30(39)33-24(23(31)18-27(36)37)16-21-11-7-5-8-12-21/h5-14,19-20,23-25,28H,15-18,31H2,1-4H3,(H,32,35)(H,33,39)(H,34,38)(H,36,37)/t23-,24-,25-,28-/m0/s1. The van der Waals surface area contributed by atoms with Crippen molar-refractivity contribution < 1.29 is 24.3 Å². The average molecular weight is 539 g/mol. The number of amides is 3. The van der Waals surface area contributed by atoms with Gasteiger partial charge in [0.05, 0.1) is 6.42 Å². The lowest BCUT2D eigenvalue weighted by atomic mass is 9.95. The molecule has 6 N–H and O–H groups in total. The lowest BCUT2D eigenvalue weighted by Gasteiger charge is -2.29. The van der Waals surface area contributed by atoms with Gasteiger partial charge in [0, 0.05) is 24.9 Å². The molecule has 0 aliphatic heterocycles. The van der Waals surface area contributed by atoms with Gasteiger partial charge in [-0.15, -0.1) is 0 Å². The molecular weight excluding hydrogens is 496 g/mol. The van der Waals surface area contributed by atoms with Crippen LogP contribution in [0.25, 0.3) is 0 Å². The molecule has 0 radical (unpaired) electrons. The van der Waals surface area contributed by atoms with Crippen LogP contribution in [0.2, 0.25) is 0 Å². The van der Waals surface area contributed by atoms with Crippen molar-refractivity contribution in [2.75, 3.05) is 0 Å². The molecule has 0 saturated heterocycles. The molecule has 39 heavy (non-hydrogen) atoms. The van der Waals surface area contributed by atoms with Crippen LogP contribution in [0.3, 0.4) is 0 Å². The molecule has 9 heteroatoms. The second-order valence-electron chi connectivity index (χ2n) is 10.7. The first kappa shape index (κ1) is 31.5. The van der Waals surface area contributed by atoms with E-state index in [9.17, 15) is 24.3 Å². The Bertz CT molecular complexity index is 1080. The van der Waals surface area contributed by atoms with E-state index in [1.54, 1.807) is 13.8 Å². The second-order valence-corrected chi connectivity index (χ2v) is 10.7. The van der Waals surface area contributed by atoms with Gasteiger partial charge in [0.2, 0.25) is 17.7 Å². The molecule has 0 aromatic heterocycles. The SMILES string of the molecule is CC(C)CC(=O)N[C@@H](Cc1ccccc1)C(=O)N[C@H](C(=O)N[C@@H](Cc1ccccc1)[C@@H](N)CC(=O)O)C(C)C. The van der Waals surface area contributed by atoms with E-state index in [2.05, 4.69) is 16.0 Å². The van der Waals surface area contributed by atoms with Crippen molar-refractivity contribution in [3.8, 4) is 0 Å². The minimum absolute atomic E-state index is 0.121. The zero-order chi connectivity index (χ0) is 28.9. The van der Waals surface area contributed by atoms with Crippen LogP contribution in [0, 0.1) is 11.8 Å². The molecule has 0 fully saturated rings. The maximum absolute atomic E-state index is 13.4. The Morgan fingerprint density at radius 1 is 0.744 bits per heavy atom. The molecule has 0 spiro atoms. The molecule has 0 aliphatic carbocycles. The third kappa shape index (κ3) is 11.3. The van der Waals surface area contributed by atoms with Gasteiger partial charge < -0.3 is 26.8 Å². The fourth-order valence-electron chi connectivity index (χ4n) is 4.27. The highest BCUT2D eigenvalue weighted by atomic mass is 16.4. The van der Waals surface area contributed by atoms with E-state index >= 15 is 0 Å². The van der Waals surface area contributed by atoms with Gasteiger partial charge in [-0.05, 0) is 29.4 Å². The summed E-state index contributed by atoms with van der Waals surface area (Å²) in [4.78, 5) is 50.8. The van der Waals surface area contributed by atoms with Crippen molar-refractivity contribution in [1.29, 1.82) is 0 Å². The lowest BCUT2D eigenvalue weighted by Crippen LogP contribution is -2.59. The number of carboxylic acid groups (broad SMARTS) is 1. The van der Waals surface area contributed by atoms with E-state index in [1.165, 1.54) is 0 Å². The largest absolute Gasteiger partial charge is 0.481 e. The molecule has 2 aromatic rings. The van der Waals surface area contributed by atoms with Crippen LogP contribution in [-0.2, 0) is 32.0 Å². The number of carbonyl (C=O) groups excluding carboxylic acids is 3. The lowest BCUT2D eigenvalue weighted by molar-refractivity contribution is -0.138. The number of carboxylic acids is 1. The number of carbonyl (C=O) groups is 4. The Hall–Kier alpha value is -3.72. The zero-order valence-corrected chi connectivity index (χ0v) is 23.2. The predicted octanol–water partition coefficient (Wildman–Crippen LogP) is 2.43. The zero-order valence-electron chi connectivity index (χ0n) is 23.2. The first-order valence-electron chi connectivity index (χ1n) is 13.4. The Morgan fingerprint density at radius 3 is 1.77 bits per heavy atom. The molecule has 0 heterocycles. The summed E-state index contributed by atoms with van der Waals surface area (Å²) in [6, 6.07) is 15.4. The summed E-state index contributed by atoms with van der Waals surface area (Å²) >= 11 is 0. The molecule has 9 nitrogen and oxygen atoms in total. The first-order valence-corrected chi connectivity index (χ1v) is 13.4. The predicted molar refractivity (Wildman–Crippen MR) is 151 cm³/mol. The summed E-state index contributed by atoms with van der Waals surface area (Å²) in [5, 5.41) is 17.8. The number of rotatable bonds is 15. The summed E-state index contributed by atoms with van der Waals surface area (Å²) in [7, 11) is 0. The molecule has 0 aliphatic rings. The number of nitrogens with one attached hydrogen (secondary N) is 3. The third-order valence-corrected chi connectivity index (χ3v) is 6.33. The van der Waals surface area contributed by atoms with Crippen LogP contribution in [0.1, 0.15) is 51.7 Å². The van der Waals surface area contributed by atoms with Gasteiger partial charge >= 0.3 is 5.97 Å². The van der Waals surface area contributed by atoms with Crippen molar-refractivity contribution in [2.24, 2.45) is 17.6 Å². The fourth-order valence-corrected chi connectivity index (χ4v) is 4.27. The fraction of sp³-hybridized carbons (Fsp3) is 0.467. The van der Waals surface area contributed by atoms with Crippen LogP contribution in [-0.4, -0.2) is 53.0 Å². The van der Waals surface area contributed by atoms with Crippen LogP contribution in [0.5, 0.6) is 0 Å². The van der Waals surface area contributed by atoms with Gasteiger partial charge in [0.1, 0.15) is 12.1 Å². The van der Waals surface area contributed by atoms with E-state index < -0.39 is 42.0 Å². The molecule has 2 rings (SSSR count). The van der Waals surface area contributed by atoms with Gasteiger partial charge in [0.25, 0.3) is 0 Å². The molecular formula is C30H42N4O5. The molecule has 4 atom stereocenters. The van der Waals surface area contributed by atoms with Crippen LogP contribution >= 0.6 is 0 Å². The van der Waals surface area contributed by atoms with Gasteiger partial charge in [0.15, 0.2) is 0 Å². The van der Waals surface area contributed by atoms with Crippen LogP contribution < -0.4 is 21.7 Å². The minimum atomic E-state index is -1.07.